The Labute approximate surface area is 273 Å². The van der Waals surface area contributed by atoms with Crippen LogP contribution in [0.2, 0.25) is 5.02 Å². The highest BCUT2D eigenvalue weighted by Gasteiger charge is 2.92. The van der Waals surface area contributed by atoms with Crippen molar-refractivity contribution >= 4 is 28.9 Å². The molecule has 3 fully saturated rings. The van der Waals surface area contributed by atoms with Crippen molar-refractivity contribution in [3.05, 3.63) is 94.5 Å². The minimum absolute atomic E-state index is 0.182. The van der Waals surface area contributed by atoms with E-state index >= 15 is 0 Å². The lowest BCUT2D eigenvalue weighted by atomic mass is 9.86. The lowest BCUT2D eigenvalue weighted by Gasteiger charge is -2.32. The minimum Gasteiger partial charge on any atom is -0.488 e. The van der Waals surface area contributed by atoms with Crippen LogP contribution in [-0.2, 0) is 16.6 Å². The van der Waals surface area contributed by atoms with Gasteiger partial charge in [0.2, 0.25) is 5.91 Å². The average Bonchev–Trinajstić information content (AvgIpc) is 3.89. The van der Waals surface area contributed by atoms with Crippen molar-refractivity contribution in [1.82, 2.24) is 10.2 Å². The maximum absolute atomic E-state index is 12.3. The summed E-state index contributed by atoms with van der Waals surface area (Å²) < 4.78 is 6.23. The van der Waals surface area contributed by atoms with E-state index < -0.39 is 0 Å². The fourth-order valence-electron chi connectivity index (χ4n) is 8.70. The van der Waals surface area contributed by atoms with Crippen LogP contribution in [0.1, 0.15) is 68.1 Å². The molecule has 45 heavy (non-hydrogen) atoms. The van der Waals surface area contributed by atoms with Crippen LogP contribution in [0.15, 0.2) is 77.8 Å². The predicted octanol–water partition coefficient (Wildman–Crippen LogP) is 8.09. The molecule has 5 nitrogen and oxygen atoms in total. The lowest BCUT2D eigenvalue weighted by Crippen LogP contribution is -2.35. The number of amides is 1. The monoisotopic (exact) mass is 623 g/mol. The number of carbonyl (C=O) groups is 1. The van der Waals surface area contributed by atoms with E-state index in [-0.39, 0.29) is 5.91 Å². The van der Waals surface area contributed by atoms with Gasteiger partial charge in [0, 0.05) is 29.3 Å². The first-order chi connectivity index (χ1) is 22.0. The molecule has 1 amide bonds. The van der Waals surface area contributed by atoms with Crippen LogP contribution in [-0.4, -0.2) is 49.3 Å². The SMILES string of the molecule is Cc1cccc2c1N=C(COc1ccc(Cl)cc1)C1C3(CCCC4CCN(CCCC(=O)NCCc5ccccc5)CC4)CC213. The number of aliphatic imine (C=N–C) groups is 1. The molecule has 0 bridgehead atoms. The van der Waals surface area contributed by atoms with E-state index in [0.717, 1.165) is 42.6 Å². The number of carbonyl (C=O) groups excluding carboxylic acids is 1. The number of nitrogens with zero attached hydrogens (tertiary/aromatic N) is 2. The van der Waals surface area contributed by atoms with Gasteiger partial charge in [-0.15, -0.1) is 0 Å². The molecule has 236 valence electrons. The number of likely N-dealkylation sites (tertiary alicyclic amines) is 1. The molecular formula is C39H46ClN3O2. The van der Waals surface area contributed by atoms with E-state index in [4.69, 9.17) is 21.3 Å². The number of piperidine rings is 1. The van der Waals surface area contributed by atoms with Crippen LogP contribution in [0.25, 0.3) is 0 Å². The highest BCUT2D eigenvalue weighted by atomic mass is 35.5. The Bertz CT molecular complexity index is 1530. The third kappa shape index (κ3) is 6.18. The van der Waals surface area contributed by atoms with Gasteiger partial charge in [-0.25, -0.2) is 0 Å². The van der Waals surface area contributed by atoms with Crippen molar-refractivity contribution in [3.8, 4) is 5.75 Å². The number of rotatable bonds is 14. The van der Waals surface area contributed by atoms with Crippen LogP contribution in [0.4, 0.5) is 5.69 Å². The number of fused-ring (bicyclic) bond motifs is 2. The first kappa shape index (κ1) is 30.5. The number of ether oxygens (including phenoxy) is 1. The highest BCUT2D eigenvalue weighted by molar-refractivity contribution is 6.30. The van der Waals surface area contributed by atoms with Gasteiger partial charge < -0.3 is 15.0 Å². The van der Waals surface area contributed by atoms with Crippen LogP contribution in [0.5, 0.6) is 5.75 Å². The van der Waals surface area contributed by atoms with E-state index in [1.54, 1.807) is 0 Å². The summed E-state index contributed by atoms with van der Waals surface area (Å²) in [6.45, 7) is 6.84. The Balaban J connectivity index is 0.845. The summed E-state index contributed by atoms with van der Waals surface area (Å²) in [7, 11) is 0. The Morgan fingerprint density at radius 1 is 1.02 bits per heavy atom. The molecule has 3 atom stereocenters. The summed E-state index contributed by atoms with van der Waals surface area (Å²) in [6, 6.07) is 24.8. The molecule has 3 aromatic carbocycles. The molecule has 2 saturated carbocycles. The number of para-hydroxylation sites is 1. The van der Waals surface area contributed by atoms with E-state index in [1.165, 1.54) is 79.7 Å². The first-order valence-electron chi connectivity index (χ1n) is 17.1. The number of hydrogen-bond acceptors (Lipinski definition) is 4. The van der Waals surface area contributed by atoms with Crippen LogP contribution in [0, 0.1) is 24.2 Å². The fourth-order valence-corrected chi connectivity index (χ4v) is 8.82. The predicted molar refractivity (Wildman–Crippen MR) is 183 cm³/mol. The van der Waals surface area contributed by atoms with Crippen molar-refractivity contribution in [2.24, 2.45) is 22.2 Å². The number of hydrogen-bond donors (Lipinski definition) is 1. The fraction of sp³-hybridized carbons (Fsp3) is 0.487. The molecule has 0 radical (unpaired) electrons. The van der Waals surface area contributed by atoms with Gasteiger partial charge in [0.15, 0.2) is 0 Å². The molecule has 7 rings (SSSR count). The second kappa shape index (κ2) is 12.9. The highest BCUT2D eigenvalue weighted by Crippen LogP contribution is 2.93. The molecule has 3 aromatic rings. The van der Waals surface area contributed by atoms with Gasteiger partial charge >= 0.3 is 0 Å². The summed E-state index contributed by atoms with van der Waals surface area (Å²) in [4.78, 5) is 20.1. The Morgan fingerprint density at radius 2 is 1.82 bits per heavy atom. The summed E-state index contributed by atoms with van der Waals surface area (Å²) in [6.07, 6.45) is 10.3. The molecule has 6 heteroatoms. The van der Waals surface area contributed by atoms with Gasteiger partial charge in [0.1, 0.15) is 12.4 Å². The number of halogens is 1. The molecule has 1 saturated heterocycles. The largest absolute Gasteiger partial charge is 0.488 e. The van der Waals surface area contributed by atoms with Gasteiger partial charge in [-0.1, -0.05) is 73.0 Å². The van der Waals surface area contributed by atoms with Crippen LogP contribution < -0.4 is 10.1 Å². The van der Waals surface area contributed by atoms with E-state index in [1.807, 2.05) is 42.5 Å². The molecule has 3 unspecified atom stereocenters. The summed E-state index contributed by atoms with van der Waals surface area (Å²) in [5.41, 5.74) is 7.14. The Hall–Kier alpha value is -3.15. The second-order valence-corrected chi connectivity index (χ2v) is 14.4. The third-order valence-electron chi connectivity index (χ3n) is 11.2. The lowest BCUT2D eigenvalue weighted by molar-refractivity contribution is -0.121. The number of aryl methyl sites for hydroxylation is 1. The maximum atomic E-state index is 12.3. The van der Waals surface area contributed by atoms with Crippen LogP contribution >= 0.6 is 11.6 Å². The summed E-state index contributed by atoms with van der Waals surface area (Å²) >= 11 is 6.08. The van der Waals surface area contributed by atoms with Crippen molar-refractivity contribution in [2.45, 2.75) is 70.1 Å². The Kier molecular flexibility index (Phi) is 8.76. The van der Waals surface area contributed by atoms with Crippen LogP contribution in [0.3, 0.4) is 0 Å². The first-order valence-corrected chi connectivity index (χ1v) is 17.5. The zero-order chi connectivity index (χ0) is 30.9. The van der Waals surface area contributed by atoms with Crippen molar-refractivity contribution in [1.29, 1.82) is 0 Å². The zero-order valence-electron chi connectivity index (χ0n) is 26.6. The van der Waals surface area contributed by atoms with Gasteiger partial charge in [-0.2, -0.15) is 0 Å². The molecule has 2 heterocycles. The smallest absolute Gasteiger partial charge is 0.220 e. The minimum atomic E-state index is 0.182. The average molecular weight is 624 g/mol. The van der Waals surface area contributed by atoms with E-state index in [9.17, 15) is 4.79 Å². The molecule has 2 aliphatic carbocycles. The Morgan fingerprint density at radius 3 is 2.62 bits per heavy atom. The summed E-state index contributed by atoms with van der Waals surface area (Å²) in [5.74, 6) is 2.39. The molecular weight excluding hydrogens is 578 g/mol. The van der Waals surface area contributed by atoms with Gasteiger partial charge in [-0.3, -0.25) is 9.79 Å². The molecule has 2 aliphatic heterocycles. The van der Waals surface area contributed by atoms with Crippen molar-refractivity contribution in [2.75, 3.05) is 32.8 Å². The zero-order valence-corrected chi connectivity index (χ0v) is 27.3. The number of nitrogens with one attached hydrogen (secondary N) is 1. The molecule has 1 spiro atoms. The second-order valence-electron chi connectivity index (χ2n) is 13.9. The van der Waals surface area contributed by atoms with Gasteiger partial charge in [0.25, 0.3) is 0 Å². The van der Waals surface area contributed by atoms with Gasteiger partial charge in [-0.05, 0) is 117 Å². The third-order valence-corrected chi connectivity index (χ3v) is 11.5. The summed E-state index contributed by atoms with van der Waals surface area (Å²) in [5, 5.41) is 3.81. The number of benzene rings is 3. The normalized spacial score (nSPS) is 25.0. The molecule has 4 aliphatic rings. The van der Waals surface area contributed by atoms with Crippen molar-refractivity contribution < 1.29 is 9.53 Å². The molecule has 1 N–H and O–H groups in total. The van der Waals surface area contributed by atoms with E-state index in [2.05, 4.69) is 47.5 Å². The topological polar surface area (TPSA) is 53.9 Å². The standard InChI is InChI=1S/C39H46ClN3O2/c1-28-8-5-12-33-36(28)42-34(26-45-32-16-14-31(40)15-17-32)37-38(27-39(33,37)38)21-6-11-30-19-24-43(25-20-30)23-7-13-35(44)41-22-18-29-9-3-2-4-10-29/h2-5,8-10,12,14-17,30,37H,6-7,11,13,18-27H2,1H3,(H,41,44). The quantitative estimate of drug-likeness (QED) is 0.197. The van der Waals surface area contributed by atoms with Gasteiger partial charge in [0.05, 0.1) is 11.4 Å². The van der Waals surface area contributed by atoms with E-state index in [0.29, 0.717) is 29.8 Å². The maximum Gasteiger partial charge on any atom is 0.220 e. The molecule has 0 aromatic heterocycles. The van der Waals surface area contributed by atoms with Crippen molar-refractivity contribution in [3.63, 3.8) is 0 Å².